The van der Waals surface area contributed by atoms with E-state index in [-0.39, 0.29) is 50.1 Å². The van der Waals surface area contributed by atoms with Crippen LogP contribution in [0.5, 0.6) is 0 Å². The number of β-amino-alcohol motifs (C(OH)–C–C–N with tert-alkyl or cyclic N) is 1. The van der Waals surface area contributed by atoms with Gasteiger partial charge in [0.05, 0.1) is 31.5 Å². The van der Waals surface area contributed by atoms with Crippen LogP contribution in [0.1, 0.15) is 72.1 Å². The maximum absolute atomic E-state index is 12.8. The number of aliphatic hydroxyl groups excluding tert-OH is 4. The molecule has 0 spiro atoms. The summed E-state index contributed by atoms with van der Waals surface area (Å²) in [6.07, 6.45) is -1.78. The zero-order valence-electron chi connectivity index (χ0n) is 26.3. The number of nitrogens with zero attached hydrogens (tertiary/aromatic N) is 1. The van der Waals surface area contributed by atoms with E-state index in [1.807, 2.05) is 0 Å². The number of carbonyl (C=O) groups is 3. The van der Waals surface area contributed by atoms with Gasteiger partial charge >= 0.3 is 7.60 Å². The fraction of sp³-hybridized carbons (Fsp3) is 0.893. The molecule has 0 bridgehead atoms. The highest BCUT2D eigenvalue weighted by atomic mass is 31.2. The molecule has 2 fully saturated rings. The minimum absolute atomic E-state index is 0.0326. The quantitative estimate of drug-likeness (QED) is 0.0804. The van der Waals surface area contributed by atoms with Crippen molar-refractivity contribution in [2.45, 2.75) is 121 Å². The smallest absolute Gasteiger partial charge is 0.327 e. The van der Waals surface area contributed by atoms with Gasteiger partial charge in [-0.1, -0.05) is 6.42 Å². The van der Waals surface area contributed by atoms with E-state index >= 15 is 0 Å². The summed E-state index contributed by atoms with van der Waals surface area (Å²) >= 11 is 0. The second-order valence-corrected chi connectivity index (χ2v) is 13.7. The zero-order valence-corrected chi connectivity index (χ0v) is 27.2. The van der Waals surface area contributed by atoms with Gasteiger partial charge in [-0.3, -0.25) is 18.9 Å². The maximum Gasteiger partial charge on any atom is 0.327 e. The SMILES string of the molecule is CC(=O)NC1C(OCCCCC(=O)NCCCCCC(=O)N2C[C@H](O)C[C@H]2COP(C)(=O)OC(C)C)OC(CO)C(O)C1O. The lowest BCUT2D eigenvalue weighted by Crippen LogP contribution is -2.64. The van der Waals surface area contributed by atoms with Gasteiger partial charge in [0.15, 0.2) is 6.29 Å². The van der Waals surface area contributed by atoms with Gasteiger partial charge in [0.1, 0.15) is 24.4 Å². The highest BCUT2D eigenvalue weighted by Crippen LogP contribution is 2.45. The standard InChI is InChI=1S/C28H52N3O12P/c1-18(2)43-44(4,39)41-17-20-14-21(34)15-31(20)24(36)11-6-5-8-12-29-23(35)10-7-9-13-40-28-25(30-19(3)33)27(38)26(37)22(16-32)42-28/h18,20-22,25-28,32,34,37-38H,5-17H2,1-4H3,(H,29,35)(H,30,33)/t20-,21+,22?,25?,26?,27?,28?,44?/m0/s1. The Kier molecular flexibility index (Phi) is 16.7. The molecule has 2 saturated heterocycles. The minimum Gasteiger partial charge on any atom is -0.394 e. The Hall–Kier alpha value is -1.68. The summed E-state index contributed by atoms with van der Waals surface area (Å²) in [5.74, 6) is -0.654. The Morgan fingerprint density at radius 2 is 1.75 bits per heavy atom. The van der Waals surface area contributed by atoms with Gasteiger partial charge in [-0.2, -0.15) is 0 Å². The molecule has 0 aromatic rings. The molecule has 2 rings (SSSR count). The van der Waals surface area contributed by atoms with Crippen molar-refractivity contribution < 1.29 is 57.9 Å². The molecule has 0 aliphatic carbocycles. The lowest BCUT2D eigenvalue weighted by molar-refractivity contribution is -0.270. The lowest BCUT2D eigenvalue weighted by Gasteiger charge is -2.42. The monoisotopic (exact) mass is 653 g/mol. The Morgan fingerprint density at radius 1 is 1.05 bits per heavy atom. The first-order chi connectivity index (χ1) is 20.7. The molecule has 15 nitrogen and oxygen atoms in total. The number of amides is 3. The van der Waals surface area contributed by atoms with E-state index in [0.717, 1.165) is 6.42 Å². The van der Waals surface area contributed by atoms with Crippen LogP contribution < -0.4 is 10.6 Å². The van der Waals surface area contributed by atoms with Crippen molar-refractivity contribution in [1.82, 2.24) is 15.5 Å². The second kappa shape index (κ2) is 19.1. The van der Waals surface area contributed by atoms with Crippen LogP contribution in [0, 0.1) is 0 Å². The van der Waals surface area contributed by atoms with Crippen LogP contribution in [-0.2, 0) is 37.5 Å². The van der Waals surface area contributed by atoms with E-state index in [2.05, 4.69) is 10.6 Å². The first kappa shape index (κ1) is 38.5. The van der Waals surface area contributed by atoms with Gasteiger partial charge < -0.3 is 54.5 Å². The molecule has 6 N–H and O–H groups in total. The van der Waals surface area contributed by atoms with Gasteiger partial charge in [-0.15, -0.1) is 0 Å². The summed E-state index contributed by atoms with van der Waals surface area (Å²) in [5.41, 5.74) is 0. The number of carbonyl (C=O) groups excluding carboxylic acids is 3. The average molecular weight is 654 g/mol. The molecule has 44 heavy (non-hydrogen) atoms. The third-order valence-electron chi connectivity index (χ3n) is 7.34. The van der Waals surface area contributed by atoms with E-state index in [0.29, 0.717) is 45.1 Å². The van der Waals surface area contributed by atoms with Crippen LogP contribution in [0.15, 0.2) is 0 Å². The topological polar surface area (TPSA) is 213 Å². The highest BCUT2D eigenvalue weighted by Gasteiger charge is 2.45. The molecule has 0 radical (unpaired) electrons. The van der Waals surface area contributed by atoms with E-state index in [4.69, 9.17) is 18.5 Å². The number of rotatable bonds is 19. The number of unbranched alkanes of at least 4 members (excludes halogenated alkanes) is 3. The van der Waals surface area contributed by atoms with Crippen molar-refractivity contribution >= 4 is 25.3 Å². The van der Waals surface area contributed by atoms with Crippen molar-refractivity contribution in [3.05, 3.63) is 0 Å². The van der Waals surface area contributed by atoms with E-state index in [1.54, 1.807) is 18.7 Å². The molecule has 256 valence electrons. The minimum atomic E-state index is -3.25. The summed E-state index contributed by atoms with van der Waals surface area (Å²) in [7, 11) is -3.25. The molecule has 0 aromatic carbocycles. The molecule has 2 heterocycles. The summed E-state index contributed by atoms with van der Waals surface area (Å²) in [4.78, 5) is 38.0. The van der Waals surface area contributed by atoms with Crippen molar-refractivity contribution in [3.8, 4) is 0 Å². The van der Waals surface area contributed by atoms with Crippen LogP contribution in [0.3, 0.4) is 0 Å². The predicted molar refractivity (Wildman–Crippen MR) is 158 cm³/mol. The Balaban J connectivity index is 1.59. The van der Waals surface area contributed by atoms with Crippen molar-refractivity contribution in [2.75, 3.05) is 39.6 Å². The Morgan fingerprint density at radius 3 is 2.41 bits per heavy atom. The summed E-state index contributed by atoms with van der Waals surface area (Å²) in [6.45, 7) is 6.54. The number of hydrogen-bond acceptors (Lipinski definition) is 12. The van der Waals surface area contributed by atoms with Crippen LogP contribution >= 0.6 is 7.60 Å². The molecule has 0 aromatic heterocycles. The maximum atomic E-state index is 12.8. The average Bonchev–Trinajstić information content (AvgIpc) is 3.32. The third-order valence-corrected chi connectivity index (χ3v) is 8.76. The summed E-state index contributed by atoms with van der Waals surface area (Å²) in [6, 6.07) is -1.37. The number of likely N-dealkylation sites (tertiary alicyclic amines) is 1. The first-order valence-electron chi connectivity index (χ1n) is 15.4. The molecular weight excluding hydrogens is 601 g/mol. The van der Waals surface area contributed by atoms with Gasteiger partial charge in [0, 0.05) is 46.1 Å². The van der Waals surface area contributed by atoms with Crippen molar-refractivity contribution in [2.24, 2.45) is 0 Å². The van der Waals surface area contributed by atoms with Crippen molar-refractivity contribution in [3.63, 3.8) is 0 Å². The molecule has 2 aliphatic heterocycles. The fourth-order valence-corrected chi connectivity index (χ4v) is 6.50. The zero-order chi connectivity index (χ0) is 32.9. The van der Waals surface area contributed by atoms with Gasteiger partial charge in [0.25, 0.3) is 0 Å². The third kappa shape index (κ3) is 13.4. The number of hydrogen-bond donors (Lipinski definition) is 6. The lowest BCUT2D eigenvalue weighted by atomic mass is 9.97. The molecule has 0 saturated carbocycles. The predicted octanol–water partition coefficient (Wildman–Crippen LogP) is 0.0199. The normalized spacial score (nSPS) is 28.6. The fourth-order valence-electron chi connectivity index (χ4n) is 5.23. The van der Waals surface area contributed by atoms with Crippen LogP contribution in [0.4, 0.5) is 0 Å². The van der Waals surface area contributed by atoms with Crippen molar-refractivity contribution in [1.29, 1.82) is 0 Å². The number of nitrogens with one attached hydrogen (secondary N) is 2. The molecular formula is C28H52N3O12P. The highest BCUT2D eigenvalue weighted by molar-refractivity contribution is 7.53. The van der Waals surface area contributed by atoms with Gasteiger partial charge in [-0.25, -0.2) is 0 Å². The molecule has 16 heteroatoms. The van der Waals surface area contributed by atoms with Crippen LogP contribution in [0.2, 0.25) is 0 Å². The van der Waals surface area contributed by atoms with Gasteiger partial charge in [-0.05, 0) is 46.0 Å². The molecule has 2 aliphatic rings. The van der Waals surface area contributed by atoms with E-state index < -0.39 is 56.9 Å². The number of ether oxygens (including phenoxy) is 2. The first-order valence-corrected chi connectivity index (χ1v) is 17.4. The Bertz CT molecular complexity index is 957. The van der Waals surface area contributed by atoms with Gasteiger partial charge in [0.2, 0.25) is 17.7 Å². The second-order valence-electron chi connectivity index (χ2n) is 11.7. The summed E-state index contributed by atoms with van der Waals surface area (Å²) in [5, 5.41) is 45.1. The van der Waals surface area contributed by atoms with Crippen LogP contribution in [-0.4, -0.2) is 132 Å². The van der Waals surface area contributed by atoms with E-state index in [9.17, 15) is 39.4 Å². The van der Waals surface area contributed by atoms with Crippen LogP contribution in [0.25, 0.3) is 0 Å². The molecule has 8 atom stereocenters. The van der Waals surface area contributed by atoms with E-state index in [1.165, 1.54) is 13.6 Å². The Labute approximate surface area is 259 Å². The molecule has 3 amide bonds. The summed E-state index contributed by atoms with van der Waals surface area (Å²) < 4.78 is 34.3. The number of aliphatic hydroxyl groups is 4. The largest absolute Gasteiger partial charge is 0.394 e. The molecule has 6 unspecified atom stereocenters.